The molecule has 46 heavy (non-hydrogen) atoms. The SMILES string of the molecule is C=C1NC2=CC(N)N=C(CCCCC)N=C2N1Cc1ccc(CN2CCC(C3CCN(C(=O)CCCCCCN)CC3)CC2)cc1. The summed E-state index contributed by atoms with van der Waals surface area (Å²) in [5.41, 5.74) is 15.3. The van der Waals surface area contributed by atoms with Gasteiger partial charge in [-0.1, -0.05) is 63.5 Å². The number of aliphatic imine (C=N–C) groups is 2. The summed E-state index contributed by atoms with van der Waals surface area (Å²) >= 11 is 0. The number of benzene rings is 1. The number of amidine groups is 2. The minimum atomic E-state index is -0.395. The molecule has 0 bridgehead atoms. The largest absolute Gasteiger partial charge is 0.343 e. The summed E-state index contributed by atoms with van der Waals surface area (Å²) in [7, 11) is 0. The summed E-state index contributed by atoms with van der Waals surface area (Å²) in [5.74, 6) is 4.44. The lowest BCUT2D eigenvalue weighted by Crippen LogP contribution is -2.42. The average Bonchev–Trinajstić information content (AvgIpc) is 3.24. The van der Waals surface area contributed by atoms with Gasteiger partial charge in [-0.15, -0.1) is 0 Å². The van der Waals surface area contributed by atoms with Crippen LogP contribution in [0, 0.1) is 11.8 Å². The van der Waals surface area contributed by atoms with Crippen molar-refractivity contribution in [3.8, 4) is 0 Å². The van der Waals surface area contributed by atoms with Crippen LogP contribution in [0.5, 0.6) is 0 Å². The highest BCUT2D eigenvalue weighted by Crippen LogP contribution is 2.33. The van der Waals surface area contributed by atoms with Crippen molar-refractivity contribution < 1.29 is 4.79 Å². The van der Waals surface area contributed by atoms with Crippen LogP contribution in [0.4, 0.5) is 0 Å². The van der Waals surface area contributed by atoms with Gasteiger partial charge in [0.05, 0.1) is 12.2 Å². The quantitative estimate of drug-likeness (QED) is 0.221. The number of rotatable bonds is 15. The zero-order valence-corrected chi connectivity index (χ0v) is 28.3. The van der Waals surface area contributed by atoms with E-state index in [-0.39, 0.29) is 0 Å². The van der Waals surface area contributed by atoms with Gasteiger partial charge in [0.25, 0.3) is 0 Å². The summed E-state index contributed by atoms with van der Waals surface area (Å²) in [6.45, 7) is 13.1. The standard InChI is InChI=1S/C37H58N8O/c1-3-4-7-10-35-41-34(39)25-33-37(42-35)45(28(2)40-33)27-30-14-12-29(13-15-30)26-43-21-16-31(17-22-43)32-18-23-44(24-19-32)36(46)11-8-5-6-9-20-38/h12-15,25,31-32,34,40H,2-11,16-24,26-27,38-39H2,1H3. The molecule has 4 aliphatic rings. The Balaban J connectivity index is 1.05. The van der Waals surface area contributed by atoms with E-state index in [1.807, 2.05) is 6.08 Å². The third-order valence-corrected chi connectivity index (χ3v) is 10.3. The number of likely N-dealkylation sites (tertiary alicyclic amines) is 2. The molecular formula is C37H58N8O. The zero-order chi connectivity index (χ0) is 32.3. The molecule has 0 aliphatic carbocycles. The van der Waals surface area contributed by atoms with Gasteiger partial charge in [-0.05, 0) is 93.6 Å². The summed E-state index contributed by atoms with van der Waals surface area (Å²) in [5, 5.41) is 3.38. The number of piperidine rings is 2. The molecule has 3 saturated heterocycles. The second kappa shape index (κ2) is 17.2. The molecule has 0 radical (unpaired) electrons. The van der Waals surface area contributed by atoms with Crippen LogP contribution in [0.25, 0.3) is 0 Å². The Labute approximate surface area is 277 Å². The smallest absolute Gasteiger partial charge is 0.222 e. The van der Waals surface area contributed by atoms with Crippen LogP contribution in [0.3, 0.4) is 0 Å². The van der Waals surface area contributed by atoms with Crippen molar-refractivity contribution in [2.75, 3.05) is 32.7 Å². The van der Waals surface area contributed by atoms with E-state index in [1.165, 1.54) is 43.2 Å². The number of nitrogens with zero attached hydrogens (tertiary/aromatic N) is 5. The lowest BCUT2D eigenvalue weighted by molar-refractivity contribution is -0.133. The topological polar surface area (TPSA) is 116 Å². The number of fused-ring (bicyclic) bond motifs is 1. The van der Waals surface area contributed by atoms with Crippen molar-refractivity contribution >= 4 is 17.6 Å². The van der Waals surface area contributed by atoms with E-state index >= 15 is 0 Å². The number of amides is 1. The van der Waals surface area contributed by atoms with Crippen LogP contribution in [0.1, 0.15) is 102 Å². The lowest BCUT2D eigenvalue weighted by Gasteiger charge is -2.40. The first-order chi connectivity index (χ1) is 22.4. The van der Waals surface area contributed by atoms with Gasteiger partial charge < -0.3 is 26.6 Å². The Bertz CT molecular complexity index is 1240. The summed E-state index contributed by atoms with van der Waals surface area (Å²) in [4.78, 5) is 29.1. The number of nitrogens with one attached hydrogen (secondary N) is 1. The van der Waals surface area contributed by atoms with E-state index in [1.54, 1.807) is 0 Å². The van der Waals surface area contributed by atoms with Crippen LogP contribution in [0.2, 0.25) is 0 Å². The van der Waals surface area contributed by atoms with E-state index in [2.05, 4.69) is 62.8 Å². The second-order valence-electron chi connectivity index (χ2n) is 13.8. The third-order valence-electron chi connectivity index (χ3n) is 10.3. The van der Waals surface area contributed by atoms with Crippen molar-refractivity contribution in [3.05, 3.63) is 59.6 Å². The molecule has 1 atom stereocenters. The molecular weight excluding hydrogens is 572 g/mol. The van der Waals surface area contributed by atoms with Gasteiger partial charge in [0, 0.05) is 32.5 Å². The maximum Gasteiger partial charge on any atom is 0.222 e. The molecule has 1 amide bonds. The van der Waals surface area contributed by atoms with Crippen LogP contribution < -0.4 is 16.8 Å². The lowest BCUT2D eigenvalue weighted by atomic mass is 9.78. The molecule has 1 aromatic rings. The van der Waals surface area contributed by atoms with E-state index in [0.29, 0.717) is 18.9 Å². The molecule has 0 saturated carbocycles. The molecule has 0 spiro atoms. The number of nitrogens with two attached hydrogens (primary N) is 2. The Morgan fingerprint density at radius 2 is 1.57 bits per heavy atom. The first-order valence-electron chi connectivity index (χ1n) is 18.1. The van der Waals surface area contributed by atoms with Crippen molar-refractivity contribution in [1.29, 1.82) is 0 Å². The van der Waals surface area contributed by atoms with E-state index in [0.717, 1.165) is 119 Å². The number of unbranched alkanes of at least 4 members (excludes halogenated alkanes) is 5. The molecule has 9 heteroatoms. The Hall–Kier alpha value is -3.01. The molecule has 4 heterocycles. The van der Waals surface area contributed by atoms with Gasteiger partial charge in [-0.25, -0.2) is 9.98 Å². The van der Waals surface area contributed by atoms with Gasteiger partial charge in [-0.2, -0.15) is 0 Å². The fourth-order valence-electron chi connectivity index (χ4n) is 7.47. The number of carbonyl (C=O) groups is 1. The van der Waals surface area contributed by atoms with E-state index in [4.69, 9.17) is 16.5 Å². The van der Waals surface area contributed by atoms with Crippen LogP contribution in [-0.4, -0.2) is 71.2 Å². The minimum Gasteiger partial charge on any atom is -0.343 e. The van der Waals surface area contributed by atoms with Crippen LogP contribution in [-0.2, 0) is 17.9 Å². The van der Waals surface area contributed by atoms with Gasteiger partial charge in [-0.3, -0.25) is 9.69 Å². The fourth-order valence-corrected chi connectivity index (χ4v) is 7.47. The predicted molar refractivity (Wildman–Crippen MR) is 189 cm³/mol. The van der Waals surface area contributed by atoms with Crippen molar-refractivity contribution in [2.24, 2.45) is 33.3 Å². The summed E-state index contributed by atoms with van der Waals surface area (Å²) < 4.78 is 0. The second-order valence-corrected chi connectivity index (χ2v) is 13.8. The minimum absolute atomic E-state index is 0.361. The Kier molecular flexibility index (Phi) is 12.9. The maximum atomic E-state index is 12.7. The first-order valence-corrected chi connectivity index (χ1v) is 18.1. The molecule has 1 aromatic carbocycles. The Morgan fingerprint density at radius 3 is 2.24 bits per heavy atom. The highest BCUT2D eigenvalue weighted by atomic mass is 16.2. The highest BCUT2D eigenvalue weighted by molar-refractivity contribution is 6.09. The average molecular weight is 631 g/mol. The molecule has 252 valence electrons. The van der Waals surface area contributed by atoms with E-state index < -0.39 is 6.17 Å². The van der Waals surface area contributed by atoms with Crippen molar-refractivity contribution in [3.63, 3.8) is 0 Å². The molecule has 0 aromatic heterocycles. The highest BCUT2D eigenvalue weighted by Gasteiger charge is 2.32. The molecule has 5 rings (SSSR count). The summed E-state index contributed by atoms with van der Waals surface area (Å²) in [6.07, 6.45) is 15.7. The predicted octanol–water partition coefficient (Wildman–Crippen LogP) is 5.48. The van der Waals surface area contributed by atoms with Crippen molar-refractivity contribution in [2.45, 2.75) is 110 Å². The fraction of sp³-hybridized carbons (Fsp3) is 0.649. The molecule has 4 aliphatic heterocycles. The van der Waals surface area contributed by atoms with Gasteiger partial charge in [0.1, 0.15) is 17.8 Å². The number of hydrogen-bond donors (Lipinski definition) is 3. The third kappa shape index (κ3) is 9.52. The maximum absolute atomic E-state index is 12.7. The first kappa shape index (κ1) is 34.3. The molecule has 3 fully saturated rings. The van der Waals surface area contributed by atoms with Gasteiger partial charge >= 0.3 is 0 Å². The monoisotopic (exact) mass is 630 g/mol. The molecule has 9 nitrogen and oxygen atoms in total. The van der Waals surface area contributed by atoms with Gasteiger partial charge in [0.15, 0.2) is 5.84 Å². The normalized spacial score (nSPS) is 21.4. The Morgan fingerprint density at radius 1 is 0.913 bits per heavy atom. The summed E-state index contributed by atoms with van der Waals surface area (Å²) in [6, 6.07) is 9.03. The molecule has 1 unspecified atom stereocenters. The van der Waals surface area contributed by atoms with E-state index in [9.17, 15) is 4.79 Å². The van der Waals surface area contributed by atoms with Crippen molar-refractivity contribution in [1.82, 2.24) is 20.0 Å². The number of hydrogen-bond acceptors (Lipinski definition) is 8. The van der Waals surface area contributed by atoms with Crippen LogP contribution in [0.15, 0.2) is 58.4 Å². The van der Waals surface area contributed by atoms with Crippen LogP contribution >= 0.6 is 0 Å². The number of carbonyl (C=O) groups excluding carboxylic acids is 1. The zero-order valence-electron chi connectivity index (χ0n) is 28.3. The molecule has 5 N–H and O–H groups in total. The van der Waals surface area contributed by atoms with Gasteiger partial charge in [0.2, 0.25) is 5.91 Å².